The molecule has 6 N–H and O–H groups in total. The maximum atomic E-state index is 11.8. The molecule has 2 heterocycles. The summed E-state index contributed by atoms with van der Waals surface area (Å²) >= 11 is 9.91. The van der Waals surface area contributed by atoms with Crippen LogP contribution in [0, 0.1) is 31.2 Å². The Balaban J connectivity index is 0.000000721. The number of benzene rings is 2. The van der Waals surface area contributed by atoms with Gasteiger partial charge >= 0.3 is 16.5 Å². The quantitative estimate of drug-likeness (QED) is 0.0718. The molecule has 4 aromatic rings. The van der Waals surface area contributed by atoms with Crippen LogP contribution in [0.5, 0.6) is 0 Å². The Morgan fingerprint density at radius 2 is 1.02 bits per heavy atom. The molecule has 47 heavy (non-hydrogen) atoms. The second-order valence-corrected chi connectivity index (χ2v) is 9.00. The Bertz CT molecular complexity index is 1590. The molecular weight excluding hydrogens is 703 g/mol. The van der Waals surface area contributed by atoms with Gasteiger partial charge in [0, 0.05) is 24.1 Å². The molecule has 256 valence electrons. The monoisotopic (exact) mass is 730 g/mol. The molecule has 21 heteroatoms. The summed E-state index contributed by atoms with van der Waals surface area (Å²) in [6.45, 7) is 5.31. The van der Waals surface area contributed by atoms with Crippen LogP contribution in [0.15, 0.2) is 80.5 Å². The average Bonchev–Trinajstić information content (AvgIpc) is 2.98. The molecule has 0 aliphatic heterocycles. The summed E-state index contributed by atoms with van der Waals surface area (Å²) in [7, 11) is 0. The summed E-state index contributed by atoms with van der Waals surface area (Å²) in [4.78, 5) is 29.2. The summed E-state index contributed by atoms with van der Waals surface area (Å²) in [5, 5.41) is 62.4. The van der Waals surface area contributed by atoms with E-state index in [1.807, 2.05) is 62.4 Å². The van der Waals surface area contributed by atoms with E-state index in [0.717, 1.165) is 34.9 Å². The summed E-state index contributed by atoms with van der Waals surface area (Å²) < 4.78 is 0. The first-order valence-electron chi connectivity index (χ1n) is 12.9. The zero-order valence-corrected chi connectivity index (χ0v) is 27.2. The molecule has 2 aromatic heterocycles. The van der Waals surface area contributed by atoms with E-state index in [1.54, 1.807) is 12.1 Å². The van der Waals surface area contributed by atoms with Crippen LogP contribution in [0.1, 0.15) is 25.0 Å². The van der Waals surface area contributed by atoms with Crippen LogP contribution in [0.3, 0.4) is 0 Å². The number of hydrogen-bond acceptors (Lipinski definition) is 14. The molecule has 0 saturated heterocycles. The van der Waals surface area contributed by atoms with Gasteiger partial charge < -0.3 is 62.6 Å². The van der Waals surface area contributed by atoms with E-state index in [4.69, 9.17) is 55.7 Å². The fourth-order valence-corrected chi connectivity index (χ4v) is 3.64. The molecule has 0 atom stereocenters. The second-order valence-electron chi connectivity index (χ2n) is 8.19. The number of aromatic amines is 2. The number of rotatable bonds is 6. The van der Waals surface area contributed by atoms with Gasteiger partial charge in [0.15, 0.2) is 10.2 Å². The van der Waals surface area contributed by atoms with Crippen molar-refractivity contribution in [3.05, 3.63) is 124 Å². The Hall–Kier alpha value is -4.25. The Morgan fingerprint density at radius 1 is 0.702 bits per heavy atom. The number of fused-ring (bicyclic) bond motifs is 2. The third kappa shape index (κ3) is 18.5. The number of thiocarbonyl (C=S) groups is 2. The minimum atomic E-state index is -1.75. The van der Waals surface area contributed by atoms with Gasteiger partial charge in [-0.3, -0.25) is 20.4 Å². The van der Waals surface area contributed by atoms with Gasteiger partial charge in [0.05, 0.1) is 23.6 Å². The minimum absolute atomic E-state index is 0. The molecule has 0 radical (unpaired) electrons. The fraction of sp³-hybridized carbons (Fsp3) is 0.154. The molecule has 2 aromatic carbocycles. The van der Waals surface area contributed by atoms with Crippen LogP contribution in [0.25, 0.3) is 21.8 Å². The second kappa shape index (κ2) is 24.0. The van der Waals surface area contributed by atoms with Crippen molar-refractivity contribution in [3.8, 4) is 0 Å². The van der Waals surface area contributed by atoms with Crippen molar-refractivity contribution >= 4 is 68.9 Å². The van der Waals surface area contributed by atoms with Gasteiger partial charge in [-0.2, -0.15) is 10.2 Å². The molecule has 0 saturated carbocycles. The van der Waals surface area contributed by atoms with Gasteiger partial charge in [0.25, 0.3) is 11.1 Å². The number of para-hydroxylation sites is 2. The predicted octanol–water partition coefficient (Wildman–Crippen LogP) is 2.25. The zero-order valence-electron chi connectivity index (χ0n) is 24.5. The van der Waals surface area contributed by atoms with Crippen LogP contribution >= 0.6 is 24.4 Å². The maximum absolute atomic E-state index is 11.8. The summed E-state index contributed by atoms with van der Waals surface area (Å²) in [6.07, 6.45) is 2.91. The molecule has 0 bridgehead atoms. The molecule has 0 unspecified atom stereocenters. The van der Waals surface area contributed by atoms with Crippen LogP contribution < -0.4 is 32.6 Å². The maximum Gasteiger partial charge on any atom is 2.00 e. The van der Waals surface area contributed by atoms with Crippen LogP contribution in [-0.4, -0.2) is 56.5 Å². The standard InChI is InChI=1S/2C13H14N4OS.2NO3.Ni/c2*1-2-14-13(19)17-15-8-10-7-9-5-3-4-6-11(9)16-12(10)18;2*2-1(3)4;/h2*3-8H,2H2,1H3,(H,16,18)(H2,14,17,19);;;/q;;2*-3;+2/b2*15-8+;;;. The van der Waals surface area contributed by atoms with E-state index < -0.39 is 10.8 Å². The number of hydrogen-bond donors (Lipinski definition) is 6. The fourth-order valence-electron chi connectivity index (χ4n) is 3.24. The van der Waals surface area contributed by atoms with E-state index in [2.05, 4.69) is 41.7 Å². The van der Waals surface area contributed by atoms with Gasteiger partial charge in [-0.25, -0.2) is 0 Å². The molecule has 0 fully saturated rings. The largest absolute Gasteiger partial charge is 2.00 e. The Kier molecular flexibility index (Phi) is 21.8. The van der Waals surface area contributed by atoms with Gasteiger partial charge in [0.1, 0.15) is 0 Å². The van der Waals surface area contributed by atoms with Crippen molar-refractivity contribution < 1.29 is 16.5 Å². The van der Waals surface area contributed by atoms with E-state index in [0.29, 0.717) is 21.4 Å². The zero-order chi connectivity index (χ0) is 34.5. The first kappa shape index (κ1) is 42.8. The number of nitrogens with one attached hydrogen (secondary N) is 6. The first-order valence-corrected chi connectivity index (χ1v) is 13.7. The van der Waals surface area contributed by atoms with Gasteiger partial charge in [-0.05, 0) is 73.3 Å². The molecule has 0 spiro atoms. The van der Waals surface area contributed by atoms with Crippen molar-refractivity contribution in [2.45, 2.75) is 13.8 Å². The van der Waals surface area contributed by atoms with Crippen molar-refractivity contribution in [2.75, 3.05) is 13.1 Å². The Labute approximate surface area is 287 Å². The predicted molar refractivity (Wildman–Crippen MR) is 187 cm³/mol. The summed E-state index contributed by atoms with van der Waals surface area (Å²) in [6, 6.07) is 18.7. The Morgan fingerprint density at radius 3 is 1.34 bits per heavy atom. The normalized spacial score (nSPS) is 10.3. The molecular formula is C26H28N10NiO8S2-4. The number of H-pyrrole nitrogens is 2. The topological polar surface area (TPSA) is 283 Å². The SMILES string of the molecule is CCNC(=S)N/N=C/c1cc2ccccc2[nH]c1=O.CCNC(=S)N/N=C/c1cc2ccccc2[nH]c1=O.[Ni+2].[O-]N([O-])[O-].[O-]N([O-])[O-]. The van der Waals surface area contributed by atoms with Gasteiger partial charge in [0.2, 0.25) is 0 Å². The number of nitrogens with zero attached hydrogens (tertiary/aromatic N) is 4. The third-order valence-corrected chi connectivity index (χ3v) is 5.45. The van der Waals surface area contributed by atoms with Crippen LogP contribution in [0.4, 0.5) is 0 Å². The average molecular weight is 731 g/mol. The number of pyridine rings is 2. The number of aromatic nitrogens is 2. The molecule has 0 aliphatic rings. The number of hydrazone groups is 2. The van der Waals surface area contributed by atoms with Gasteiger partial charge in [-0.1, -0.05) is 36.4 Å². The molecule has 0 aliphatic carbocycles. The van der Waals surface area contributed by atoms with E-state index in [-0.39, 0.29) is 27.6 Å². The molecule has 0 amide bonds. The van der Waals surface area contributed by atoms with E-state index in [1.165, 1.54) is 12.4 Å². The molecule has 4 rings (SSSR count). The van der Waals surface area contributed by atoms with Crippen molar-refractivity contribution in [3.63, 3.8) is 0 Å². The van der Waals surface area contributed by atoms with E-state index >= 15 is 0 Å². The van der Waals surface area contributed by atoms with E-state index in [9.17, 15) is 9.59 Å². The van der Waals surface area contributed by atoms with Crippen molar-refractivity contribution in [1.82, 2.24) is 42.2 Å². The van der Waals surface area contributed by atoms with Crippen molar-refractivity contribution in [1.29, 1.82) is 0 Å². The van der Waals surface area contributed by atoms with Crippen LogP contribution in [-0.2, 0) is 16.5 Å². The smallest absolute Gasteiger partial charge is 0.809 e. The molecule has 18 nitrogen and oxygen atoms in total. The summed E-state index contributed by atoms with van der Waals surface area (Å²) in [5.74, 6) is 0. The summed E-state index contributed by atoms with van der Waals surface area (Å²) in [5.41, 5.74) is 7.49. The first-order chi connectivity index (χ1) is 21.9. The van der Waals surface area contributed by atoms with Crippen molar-refractivity contribution in [2.24, 2.45) is 10.2 Å². The third-order valence-electron chi connectivity index (χ3n) is 4.98. The minimum Gasteiger partial charge on any atom is -0.809 e. The van der Waals surface area contributed by atoms with Gasteiger partial charge in [-0.15, -0.1) is 0 Å². The van der Waals surface area contributed by atoms with Crippen LogP contribution in [0.2, 0.25) is 0 Å².